The number of nitrogens with zero attached hydrogens (tertiary/aromatic N) is 2. The fourth-order valence-corrected chi connectivity index (χ4v) is 2.68. The molecular formula is C21H25FN2O2. The van der Waals surface area contributed by atoms with Crippen LogP contribution in [0.15, 0.2) is 34.9 Å². The SMILES string of the molecule is [C-]#[N+]CCC(C)(C)C(=O)CCC(C)(C)c1coc(-c2ccc(F)cc2)n1. The van der Waals surface area contributed by atoms with E-state index in [1.807, 2.05) is 27.7 Å². The van der Waals surface area contributed by atoms with Crippen LogP contribution in [0.3, 0.4) is 0 Å². The quantitative estimate of drug-likeness (QED) is 0.591. The first-order valence-electron chi connectivity index (χ1n) is 8.74. The van der Waals surface area contributed by atoms with Crippen molar-refractivity contribution in [3.63, 3.8) is 0 Å². The van der Waals surface area contributed by atoms with Gasteiger partial charge in [0.05, 0.1) is 5.69 Å². The smallest absolute Gasteiger partial charge is 0.226 e. The maximum Gasteiger partial charge on any atom is 0.226 e. The summed E-state index contributed by atoms with van der Waals surface area (Å²) < 4.78 is 18.6. The van der Waals surface area contributed by atoms with Crippen molar-refractivity contribution in [1.82, 2.24) is 4.98 Å². The number of rotatable bonds is 8. The molecule has 1 aromatic heterocycles. The summed E-state index contributed by atoms with van der Waals surface area (Å²) in [7, 11) is 0. The Morgan fingerprint density at radius 2 is 1.85 bits per heavy atom. The third-order valence-electron chi connectivity index (χ3n) is 4.87. The fourth-order valence-electron chi connectivity index (χ4n) is 2.68. The van der Waals surface area contributed by atoms with Gasteiger partial charge in [-0.25, -0.2) is 15.9 Å². The molecule has 0 bridgehead atoms. The average Bonchev–Trinajstić information content (AvgIpc) is 3.09. The van der Waals surface area contributed by atoms with E-state index in [0.717, 1.165) is 5.69 Å². The number of hydrogen-bond donors (Lipinski definition) is 0. The van der Waals surface area contributed by atoms with E-state index in [1.165, 1.54) is 12.1 Å². The van der Waals surface area contributed by atoms with Crippen molar-refractivity contribution in [2.45, 2.75) is 52.4 Å². The molecule has 4 nitrogen and oxygen atoms in total. The van der Waals surface area contributed by atoms with Gasteiger partial charge in [-0.2, -0.15) is 0 Å². The van der Waals surface area contributed by atoms with Crippen LogP contribution >= 0.6 is 0 Å². The van der Waals surface area contributed by atoms with E-state index in [1.54, 1.807) is 18.4 Å². The summed E-state index contributed by atoms with van der Waals surface area (Å²) in [5.41, 5.74) is 0.672. The van der Waals surface area contributed by atoms with Gasteiger partial charge in [-0.3, -0.25) is 4.79 Å². The van der Waals surface area contributed by atoms with E-state index in [-0.39, 0.29) is 17.0 Å². The Balaban J connectivity index is 2.05. The third-order valence-corrected chi connectivity index (χ3v) is 4.87. The van der Waals surface area contributed by atoms with Crippen LogP contribution < -0.4 is 0 Å². The molecular weight excluding hydrogens is 331 g/mol. The number of carbonyl (C=O) groups excluding carboxylic acids is 1. The van der Waals surface area contributed by atoms with E-state index >= 15 is 0 Å². The van der Waals surface area contributed by atoms with Crippen LogP contribution in [0.5, 0.6) is 0 Å². The first-order chi connectivity index (χ1) is 12.2. The number of ketones is 1. The molecule has 1 aromatic carbocycles. The highest BCUT2D eigenvalue weighted by molar-refractivity contribution is 5.84. The zero-order valence-electron chi connectivity index (χ0n) is 15.8. The van der Waals surface area contributed by atoms with Gasteiger partial charge >= 0.3 is 0 Å². The lowest BCUT2D eigenvalue weighted by molar-refractivity contribution is -0.127. The van der Waals surface area contributed by atoms with Crippen molar-refractivity contribution in [2.24, 2.45) is 5.41 Å². The van der Waals surface area contributed by atoms with Gasteiger partial charge in [-0.1, -0.05) is 27.7 Å². The van der Waals surface area contributed by atoms with Gasteiger partial charge in [0.1, 0.15) is 17.9 Å². The molecule has 0 saturated carbocycles. The molecule has 138 valence electrons. The average molecular weight is 356 g/mol. The molecule has 0 atom stereocenters. The van der Waals surface area contributed by atoms with Gasteiger partial charge in [0.25, 0.3) is 0 Å². The van der Waals surface area contributed by atoms with Crippen molar-refractivity contribution in [3.8, 4) is 11.5 Å². The minimum absolute atomic E-state index is 0.163. The molecule has 5 heteroatoms. The van der Waals surface area contributed by atoms with Gasteiger partial charge in [0.15, 0.2) is 0 Å². The molecule has 0 aliphatic heterocycles. The van der Waals surface area contributed by atoms with E-state index in [4.69, 9.17) is 11.0 Å². The number of carbonyl (C=O) groups is 1. The van der Waals surface area contributed by atoms with Crippen LogP contribution in [0.25, 0.3) is 16.3 Å². The summed E-state index contributed by atoms with van der Waals surface area (Å²) >= 11 is 0. The molecule has 0 aliphatic carbocycles. The highest BCUT2D eigenvalue weighted by atomic mass is 19.1. The molecule has 0 spiro atoms. The van der Waals surface area contributed by atoms with E-state index in [0.29, 0.717) is 37.3 Å². The molecule has 0 radical (unpaired) electrons. The minimum Gasteiger partial charge on any atom is -0.444 e. The first kappa shape index (κ1) is 19.8. The van der Waals surface area contributed by atoms with Gasteiger partial charge in [0.2, 0.25) is 12.4 Å². The number of aromatic nitrogens is 1. The first-order valence-corrected chi connectivity index (χ1v) is 8.74. The highest BCUT2D eigenvalue weighted by Crippen LogP contribution is 2.33. The molecule has 26 heavy (non-hydrogen) atoms. The zero-order chi connectivity index (χ0) is 19.4. The third kappa shape index (κ3) is 4.78. The van der Waals surface area contributed by atoms with Crippen LogP contribution in [-0.2, 0) is 10.2 Å². The number of benzene rings is 1. The Morgan fingerprint density at radius 3 is 2.46 bits per heavy atom. The molecule has 0 saturated heterocycles. The number of hydrogen-bond acceptors (Lipinski definition) is 3. The molecule has 1 heterocycles. The summed E-state index contributed by atoms with van der Waals surface area (Å²) in [6.45, 7) is 15.1. The van der Waals surface area contributed by atoms with E-state index < -0.39 is 5.41 Å². The second-order valence-corrected chi connectivity index (χ2v) is 7.87. The van der Waals surface area contributed by atoms with E-state index in [9.17, 15) is 9.18 Å². The van der Waals surface area contributed by atoms with Gasteiger partial charge in [-0.05, 0) is 30.7 Å². The molecule has 2 rings (SSSR count). The molecule has 0 amide bonds. The van der Waals surface area contributed by atoms with Crippen LogP contribution in [0, 0.1) is 17.8 Å². The summed E-state index contributed by atoms with van der Waals surface area (Å²) in [6.07, 6.45) is 3.25. The lowest BCUT2D eigenvalue weighted by Gasteiger charge is -2.25. The van der Waals surface area contributed by atoms with Crippen molar-refractivity contribution in [3.05, 3.63) is 53.5 Å². The largest absolute Gasteiger partial charge is 0.444 e. The standard InChI is InChI=1S/C21H25FN2O2/c1-20(2,11-10-18(25)21(3,4)12-13-23-5)17-14-26-19(24-17)15-6-8-16(22)9-7-15/h6-9,14H,10-13H2,1-4H3. The molecule has 0 aliphatic rings. The number of Topliss-reactive ketones (excluding diaryl/α,β-unsaturated/α-hetero) is 1. The maximum atomic E-state index is 13.0. The Labute approximate surface area is 154 Å². The molecule has 0 unspecified atom stereocenters. The predicted molar refractivity (Wildman–Crippen MR) is 99.0 cm³/mol. The summed E-state index contributed by atoms with van der Waals surface area (Å²) in [5.74, 6) is 0.300. The number of halogens is 1. The Morgan fingerprint density at radius 1 is 1.19 bits per heavy atom. The predicted octanol–water partition coefficient (Wildman–Crippen LogP) is 5.44. The molecule has 0 fully saturated rings. The van der Waals surface area contributed by atoms with Crippen molar-refractivity contribution in [2.75, 3.05) is 6.54 Å². The summed E-state index contributed by atoms with van der Waals surface area (Å²) in [6, 6.07) is 5.99. The second kappa shape index (κ2) is 7.82. The topological polar surface area (TPSA) is 47.5 Å². The normalized spacial score (nSPS) is 12.0. The van der Waals surface area contributed by atoms with Crippen LogP contribution in [0.2, 0.25) is 0 Å². The highest BCUT2D eigenvalue weighted by Gasteiger charge is 2.31. The lowest BCUT2D eigenvalue weighted by Crippen LogP contribution is -2.28. The zero-order valence-corrected chi connectivity index (χ0v) is 15.8. The van der Waals surface area contributed by atoms with Crippen LogP contribution in [0.4, 0.5) is 4.39 Å². The van der Waals surface area contributed by atoms with Crippen molar-refractivity contribution in [1.29, 1.82) is 0 Å². The Hall–Kier alpha value is -2.48. The fraction of sp³-hybridized carbons (Fsp3) is 0.476. The molecule has 2 aromatic rings. The van der Waals surface area contributed by atoms with Gasteiger partial charge < -0.3 is 9.26 Å². The summed E-state index contributed by atoms with van der Waals surface area (Å²) in [5, 5.41) is 0. The van der Waals surface area contributed by atoms with Crippen molar-refractivity contribution < 1.29 is 13.6 Å². The Bertz CT molecular complexity index is 798. The second-order valence-electron chi connectivity index (χ2n) is 7.87. The Kier molecular flexibility index (Phi) is 5.97. The monoisotopic (exact) mass is 356 g/mol. The van der Waals surface area contributed by atoms with Gasteiger partial charge in [-0.15, -0.1) is 0 Å². The van der Waals surface area contributed by atoms with Crippen LogP contribution in [0.1, 0.15) is 52.7 Å². The van der Waals surface area contributed by atoms with E-state index in [2.05, 4.69) is 9.83 Å². The minimum atomic E-state index is -0.482. The van der Waals surface area contributed by atoms with Crippen molar-refractivity contribution >= 4 is 5.78 Å². The lowest BCUT2D eigenvalue weighted by atomic mass is 9.78. The number of oxazole rings is 1. The molecule has 0 N–H and O–H groups in total. The van der Waals surface area contributed by atoms with Crippen LogP contribution in [-0.4, -0.2) is 17.3 Å². The van der Waals surface area contributed by atoms with Gasteiger partial charge in [0, 0.05) is 29.2 Å². The maximum absolute atomic E-state index is 13.0. The summed E-state index contributed by atoms with van der Waals surface area (Å²) in [4.78, 5) is 20.4.